The van der Waals surface area contributed by atoms with Gasteiger partial charge in [0.25, 0.3) is 5.91 Å². The number of nitrogens with zero attached hydrogens (tertiary/aromatic N) is 1. The standard InChI is InChI=1S/C11H11F3N2O2/c1-6(2)16-18-9-4-3-7(11(12,13)14)5-8(9)10(15)17/h3-5H,1-2H3,(H2,15,17). The van der Waals surface area contributed by atoms with Crippen LogP contribution in [0, 0.1) is 0 Å². The molecule has 0 saturated heterocycles. The van der Waals surface area contributed by atoms with Crippen LogP contribution in [0.25, 0.3) is 0 Å². The van der Waals surface area contributed by atoms with Crippen LogP contribution < -0.4 is 10.6 Å². The van der Waals surface area contributed by atoms with E-state index in [0.717, 1.165) is 12.1 Å². The van der Waals surface area contributed by atoms with Crippen molar-refractivity contribution in [3.63, 3.8) is 0 Å². The average molecular weight is 260 g/mol. The molecule has 4 nitrogen and oxygen atoms in total. The zero-order chi connectivity index (χ0) is 13.9. The number of benzene rings is 1. The largest absolute Gasteiger partial charge is 0.416 e. The molecule has 0 bridgehead atoms. The van der Waals surface area contributed by atoms with Crippen LogP contribution in [0.15, 0.2) is 23.4 Å². The molecule has 0 aliphatic rings. The number of amides is 1. The smallest absolute Gasteiger partial charge is 0.365 e. The molecular formula is C11H11F3N2O2. The van der Waals surface area contributed by atoms with Gasteiger partial charge in [0.2, 0.25) is 0 Å². The van der Waals surface area contributed by atoms with Crippen molar-refractivity contribution in [1.29, 1.82) is 0 Å². The first kappa shape index (κ1) is 14.0. The van der Waals surface area contributed by atoms with Crippen molar-refractivity contribution in [1.82, 2.24) is 0 Å². The predicted octanol–water partition coefficient (Wildman–Crippen LogP) is 2.58. The van der Waals surface area contributed by atoms with Crippen molar-refractivity contribution in [2.24, 2.45) is 10.9 Å². The van der Waals surface area contributed by atoms with Crippen molar-refractivity contribution in [3.8, 4) is 5.75 Å². The third kappa shape index (κ3) is 3.47. The van der Waals surface area contributed by atoms with Gasteiger partial charge in [-0.3, -0.25) is 4.79 Å². The second-order valence-corrected chi connectivity index (χ2v) is 3.70. The quantitative estimate of drug-likeness (QED) is 0.670. The number of oxime groups is 1. The van der Waals surface area contributed by atoms with Gasteiger partial charge in [0.1, 0.15) is 0 Å². The van der Waals surface area contributed by atoms with Crippen molar-refractivity contribution in [2.75, 3.05) is 0 Å². The minimum atomic E-state index is -4.55. The molecule has 0 radical (unpaired) electrons. The van der Waals surface area contributed by atoms with E-state index in [1.54, 1.807) is 13.8 Å². The Labute approximate surface area is 101 Å². The number of carbonyl (C=O) groups is 1. The van der Waals surface area contributed by atoms with Crippen LogP contribution in [0.2, 0.25) is 0 Å². The number of nitrogens with two attached hydrogens (primary N) is 1. The summed E-state index contributed by atoms with van der Waals surface area (Å²) in [4.78, 5) is 15.9. The Kier molecular flexibility index (Phi) is 3.95. The molecule has 2 N–H and O–H groups in total. The van der Waals surface area contributed by atoms with Crippen LogP contribution in [0.5, 0.6) is 5.75 Å². The van der Waals surface area contributed by atoms with Gasteiger partial charge in [-0.1, -0.05) is 5.16 Å². The maximum atomic E-state index is 12.5. The Morgan fingerprint density at radius 2 is 1.94 bits per heavy atom. The molecule has 0 unspecified atom stereocenters. The zero-order valence-electron chi connectivity index (χ0n) is 9.71. The molecule has 0 spiro atoms. The maximum Gasteiger partial charge on any atom is 0.416 e. The lowest BCUT2D eigenvalue weighted by Crippen LogP contribution is -2.15. The first-order valence-electron chi connectivity index (χ1n) is 4.91. The van der Waals surface area contributed by atoms with Gasteiger partial charge < -0.3 is 10.6 Å². The van der Waals surface area contributed by atoms with Crippen LogP contribution in [0.1, 0.15) is 29.8 Å². The summed E-state index contributed by atoms with van der Waals surface area (Å²) in [5.74, 6) is -1.13. The third-order valence-electron chi connectivity index (χ3n) is 1.90. The molecule has 1 aromatic rings. The molecule has 0 saturated carbocycles. The molecule has 1 amide bonds. The Hall–Kier alpha value is -2.05. The molecular weight excluding hydrogens is 249 g/mol. The minimum absolute atomic E-state index is 0.114. The van der Waals surface area contributed by atoms with Gasteiger partial charge in [0.05, 0.1) is 16.8 Å². The van der Waals surface area contributed by atoms with Gasteiger partial charge in [-0.25, -0.2) is 0 Å². The number of primary amides is 1. The Morgan fingerprint density at radius 3 is 2.39 bits per heavy atom. The van der Waals surface area contributed by atoms with E-state index in [4.69, 9.17) is 10.6 Å². The van der Waals surface area contributed by atoms with Gasteiger partial charge in [-0.2, -0.15) is 13.2 Å². The predicted molar refractivity (Wildman–Crippen MR) is 59.4 cm³/mol. The number of carbonyl (C=O) groups excluding carboxylic acids is 1. The lowest BCUT2D eigenvalue weighted by atomic mass is 10.1. The van der Waals surface area contributed by atoms with E-state index in [9.17, 15) is 18.0 Å². The van der Waals surface area contributed by atoms with E-state index in [2.05, 4.69) is 5.16 Å². The summed E-state index contributed by atoms with van der Waals surface area (Å²) >= 11 is 0. The summed E-state index contributed by atoms with van der Waals surface area (Å²) in [5.41, 5.74) is 4.21. The molecule has 0 heterocycles. The fourth-order valence-corrected chi connectivity index (χ4v) is 1.12. The van der Waals surface area contributed by atoms with Crippen LogP contribution in [0.3, 0.4) is 0 Å². The molecule has 0 fully saturated rings. The first-order chi connectivity index (χ1) is 8.21. The number of rotatable bonds is 3. The van der Waals surface area contributed by atoms with Gasteiger partial charge in [0.15, 0.2) is 5.75 Å². The number of alkyl halides is 3. The first-order valence-corrected chi connectivity index (χ1v) is 4.91. The molecule has 7 heteroatoms. The summed E-state index contributed by atoms with van der Waals surface area (Å²) in [5, 5.41) is 3.56. The third-order valence-corrected chi connectivity index (χ3v) is 1.90. The lowest BCUT2D eigenvalue weighted by Gasteiger charge is -2.10. The van der Waals surface area contributed by atoms with Gasteiger partial charge in [-0.15, -0.1) is 0 Å². The molecule has 0 atom stereocenters. The molecule has 0 aromatic heterocycles. The maximum absolute atomic E-state index is 12.5. The van der Waals surface area contributed by atoms with E-state index in [-0.39, 0.29) is 11.3 Å². The summed E-state index contributed by atoms with van der Waals surface area (Å²) in [7, 11) is 0. The highest BCUT2D eigenvalue weighted by molar-refractivity contribution is 5.95. The topological polar surface area (TPSA) is 64.7 Å². The van der Waals surface area contributed by atoms with Crippen molar-refractivity contribution >= 4 is 11.6 Å². The van der Waals surface area contributed by atoms with Crippen molar-refractivity contribution < 1.29 is 22.8 Å². The summed E-state index contributed by atoms with van der Waals surface area (Å²) in [6, 6.07) is 2.44. The number of hydrogen-bond donors (Lipinski definition) is 1. The van der Waals surface area contributed by atoms with Crippen molar-refractivity contribution in [2.45, 2.75) is 20.0 Å². The minimum Gasteiger partial charge on any atom is -0.365 e. The van der Waals surface area contributed by atoms with E-state index in [0.29, 0.717) is 11.8 Å². The summed E-state index contributed by atoms with van der Waals surface area (Å²) < 4.78 is 37.4. The average Bonchev–Trinajstić information content (AvgIpc) is 2.24. The highest BCUT2D eigenvalue weighted by Crippen LogP contribution is 2.32. The molecule has 98 valence electrons. The highest BCUT2D eigenvalue weighted by atomic mass is 19.4. The molecule has 1 rings (SSSR count). The zero-order valence-corrected chi connectivity index (χ0v) is 9.71. The molecule has 0 aliphatic heterocycles. The molecule has 1 aromatic carbocycles. The van der Waals surface area contributed by atoms with E-state index in [1.807, 2.05) is 0 Å². The summed E-state index contributed by atoms with van der Waals surface area (Å²) in [6.45, 7) is 3.27. The van der Waals surface area contributed by atoms with E-state index < -0.39 is 17.6 Å². The van der Waals surface area contributed by atoms with E-state index in [1.165, 1.54) is 0 Å². The normalized spacial score (nSPS) is 10.9. The number of hydrogen-bond acceptors (Lipinski definition) is 3. The van der Waals surface area contributed by atoms with Crippen LogP contribution in [-0.4, -0.2) is 11.6 Å². The van der Waals surface area contributed by atoms with Crippen LogP contribution in [0.4, 0.5) is 13.2 Å². The van der Waals surface area contributed by atoms with Gasteiger partial charge in [0, 0.05) is 0 Å². The van der Waals surface area contributed by atoms with Crippen LogP contribution in [-0.2, 0) is 6.18 Å². The molecule has 0 aliphatic carbocycles. The second-order valence-electron chi connectivity index (χ2n) is 3.70. The lowest BCUT2D eigenvalue weighted by molar-refractivity contribution is -0.137. The Balaban J connectivity index is 3.21. The van der Waals surface area contributed by atoms with Gasteiger partial charge in [-0.05, 0) is 32.0 Å². The second kappa shape index (κ2) is 5.07. The summed E-state index contributed by atoms with van der Waals surface area (Å²) in [6.07, 6.45) is -4.55. The Morgan fingerprint density at radius 1 is 1.33 bits per heavy atom. The van der Waals surface area contributed by atoms with Gasteiger partial charge >= 0.3 is 6.18 Å². The van der Waals surface area contributed by atoms with Crippen LogP contribution >= 0.6 is 0 Å². The Bertz CT molecular complexity index is 492. The molecule has 18 heavy (non-hydrogen) atoms. The monoisotopic (exact) mass is 260 g/mol. The van der Waals surface area contributed by atoms with E-state index >= 15 is 0 Å². The SMILES string of the molecule is CC(C)=NOc1ccc(C(F)(F)F)cc1C(N)=O. The highest BCUT2D eigenvalue weighted by Gasteiger charge is 2.31. The number of halogens is 3. The fraction of sp³-hybridized carbons (Fsp3) is 0.273. The fourth-order valence-electron chi connectivity index (χ4n) is 1.12. The van der Waals surface area contributed by atoms with Crippen molar-refractivity contribution in [3.05, 3.63) is 29.3 Å².